The molecule has 1 aliphatic rings. The van der Waals surface area contributed by atoms with Gasteiger partial charge in [-0.15, -0.1) is 0 Å². The van der Waals surface area contributed by atoms with Crippen molar-refractivity contribution in [3.63, 3.8) is 0 Å². The molecule has 0 radical (unpaired) electrons. The Kier molecular flexibility index (Phi) is 8.79. The van der Waals surface area contributed by atoms with Gasteiger partial charge in [0, 0.05) is 32.5 Å². The largest absolute Gasteiger partial charge is 0.381 e. The Labute approximate surface area is 116 Å². The molecule has 0 spiro atoms. The van der Waals surface area contributed by atoms with E-state index in [0.717, 1.165) is 52.2 Å². The minimum Gasteiger partial charge on any atom is -0.381 e. The molecule has 0 atom stereocenters. The summed E-state index contributed by atoms with van der Waals surface area (Å²) in [5.74, 6) is 0.660. The third-order valence-corrected chi connectivity index (χ3v) is 2.97. The zero-order valence-corrected chi connectivity index (χ0v) is 12.2. The Bertz CT molecular complexity index is 241. The van der Waals surface area contributed by atoms with Crippen molar-refractivity contribution >= 4 is 5.91 Å². The lowest BCUT2D eigenvalue weighted by Crippen LogP contribution is -2.43. The summed E-state index contributed by atoms with van der Waals surface area (Å²) < 4.78 is 10.7. The molecular weight excluding hydrogens is 244 g/mol. The van der Waals surface area contributed by atoms with E-state index in [1.54, 1.807) is 0 Å². The monoisotopic (exact) mass is 272 g/mol. The lowest BCUT2D eigenvalue weighted by molar-refractivity contribution is -0.121. The van der Waals surface area contributed by atoms with Crippen molar-refractivity contribution in [3.8, 4) is 0 Å². The van der Waals surface area contributed by atoms with E-state index in [9.17, 15) is 4.79 Å². The number of nitrogens with one attached hydrogen (secondary N) is 2. The van der Waals surface area contributed by atoms with Gasteiger partial charge >= 0.3 is 0 Å². The summed E-state index contributed by atoms with van der Waals surface area (Å²) in [7, 11) is 0. The van der Waals surface area contributed by atoms with Crippen molar-refractivity contribution < 1.29 is 14.3 Å². The van der Waals surface area contributed by atoms with E-state index in [1.165, 1.54) is 0 Å². The highest BCUT2D eigenvalue weighted by Gasteiger charge is 2.15. The van der Waals surface area contributed by atoms with Gasteiger partial charge < -0.3 is 20.1 Å². The van der Waals surface area contributed by atoms with Crippen LogP contribution in [-0.2, 0) is 14.3 Å². The van der Waals surface area contributed by atoms with Gasteiger partial charge in [0.25, 0.3) is 0 Å². The van der Waals surface area contributed by atoms with Crippen LogP contribution < -0.4 is 10.6 Å². The van der Waals surface area contributed by atoms with Crippen LogP contribution in [0.4, 0.5) is 0 Å². The Morgan fingerprint density at radius 1 is 1.37 bits per heavy atom. The second kappa shape index (κ2) is 10.2. The van der Waals surface area contributed by atoms with E-state index >= 15 is 0 Å². The van der Waals surface area contributed by atoms with Gasteiger partial charge in [0.2, 0.25) is 5.91 Å². The van der Waals surface area contributed by atoms with Crippen molar-refractivity contribution in [2.24, 2.45) is 5.92 Å². The van der Waals surface area contributed by atoms with Crippen LogP contribution in [0.5, 0.6) is 0 Å². The zero-order chi connectivity index (χ0) is 13.9. The maximum Gasteiger partial charge on any atom is 0.234 e. The van der Waals surface area contributed by atoms with Gasteiger partial charge in [-0.3, -0.25) is 4.79 Å². The van der Waals surface area contributed by atoms with Gasteiger partial charge in [0.15, 0.2) is 0 Å². The molecule has 1 rings (SSSR count). The highest BCUT2D eigenvalue weighted by atomic mass is 16.5. The van der Waals surface area contributed by atoms with Crippen molar-refractivity contribution in [1.82, 2.24) is 10.6 Å². The minimum atomic E-state index is 0.0787. The van der Waals surface area contributed by atoms with Crippen molar-refractivity contribution in [2.75, 3.05) is 39.5 Å². The molecular formula is C14H28N2O3. The van der Waals surface area contributed by atoms with E-state index < -0.39 is 0 Å². The number of ether oxygens (including phenoxy) is 2. The molecule has 1 heterocycles. The fraction of sp³-hybridized carbons (Fsp3) is 0.929. The molecule has 112 valence electrons. The smallest absolute Gasteiger partial charge is 0.234 e. The van der Waals surface area contributed by atoms with E-state index in [4.69, 9.17) is 9.47 Å². The average molecular weight is 272 g/mol. The molecule has 19 heavy (non-hydrogen) atoms. The minimum absolute atomic E-state index is 0.0787. The van der Waals surface area contributed by atoms with Crippen LogP contribution >= 0.6 is 0 Å². The normalized spacial score (nSPS) is 16.8. The molecule has 1 aliphatic heterocycles. The molecule has 0 bridgehead atoms. The Balaban J connectivity index is 1.89. The molecule has 0 saturated carbocycles. The van der Waals surface area contributed by atoms with E-state index in [0.29, 0.717) is 12.5 Å². The number of carbonyl (C=O) groups excluding carboxylic acids is 1. The van der Waals surface area contributed by atoms with Crippen molar-refractivity contribution in [2.45, 2.75) is 39.2 Å². The predicted octanol–water partition coefficient (Wildman–Crippen LogP) is 0.934. The Morgan fingerprint density at radius 2 is 2.11 bits per heavy atom. The fourth-order valence-electron chi connectivity index (χ4n) is 1.94. The van der Waals surface area contributed by atoms with E-state index in [2.05, 4.69) is 24.5 Å². The van der Waals surface area contributed by atoms with Crippen LogP contribution in [0.25, 0.3) is 0 Å². The summed E-state index contributed by atoms with van der Waals surface area (Å²) in [6.45, 7) is 8.56. The molecule has 0 aromatic rings. The second-order valence-corrected chi connectivity index (χ2v) is 5.45. The van der Waals surface area contributed by atoms with Crippen molar-refractivity contribution in [1.29, 1.82) is 0 Å². The molecule has 1 saturated heterocycles. The Hall–Kier alpha value is -0.650. The molecule has 0 aromatic heterocycles. The molecule has 0 aliphatic carbocycles. The first-order chi connectivity index (χ1) is 9.18. The van der Waals surface area contributed by atoms with Crippen LogP contribution in [0.3, 0.4) is 0 Å². The fourth-order valence-corrected chi connectivity index (χ4v) is 1.94. The van der Waals surface area contributed by atoms with E-state index in [1.807, 2.05) is 0 Å². The van der Waals surface area contributed by atoms with Crippen LogP contribution in [0, 0.1) is 5.92 Å². The number of hydrogen-bond acceptors (Lipinski definition) is 4. The quantitative estimate of drug-likeness (QED) is 0.613. The lowest BCUT2D eigenvalue weighted by atomic mass is 10.1. The lowest BCUT2D eigenvalue weighted by Gasteiger charge is -2.23. The van der Waals surface area contributed by atoms with Crippen molar-refractivity contribution in [3.05, 3.63) is 0 Å². The predicted molar refractivity (Wildman–Crippen MR) is 75.1 cm³/mol. The summed E-state index contributed by atoms with van der Waals surface area (Å²) >= 11 is 0. The SMILES string of the molecule is CC(C)COCCCNCC(=O)NC1CCOCC1. The van der Waals surface area contributed by atoms with Gasteiger partial charge in [-0.25, -0.2) is 0 Å². The number of hydrogen-bond donors (Lipinski definition) is 2. The van der Waals surface area contributed by atoms with Gasteiger partial charge in [0.1, 0.15) is 0 Å². The number of rotatable bonds is 9. The standard InChI is InChI=1S/C14H28N2O3/c1-12(2)11-19-7-3-6-15-10-14(17)16-13-4-8-18-9-5-13/h12-13,15H,3-11H2,1-2H3,(H,16,17). The maximum absolute atomic E-state index is 11.6. The molecule has 1 amide bonds. The zero-order valence-electron chi connectivity index (χ0n) is 12.2. The number of amides is 1. The molecule has 0 aromatic carbocycles. The maximum atomic E-state index is 11.6. The molecule has 5 nitrogen and oxygen atoms in total. The summed E-state index contributed by atoms with van der Waals surface area (Å²) in [5, 5.41) is 6.16. The van der Waals surface area contributed by atoms with Crippen LogP contribution in [0.2, 0.25) is 0 Å². The van der Waals surface area contributed by atoms with Crippen LogP contribution in [0.1, 0.15) is 33.1 Å². The third kappa shape index (κ3) is 8.97. The topological polar surface area (TPSA) is 59.6 Å². The third-order valence-electron chi connectivity index (χ3n) is 2.97. The Morgan fingerprint density at radius 3 is 2.79 bits per heavy atom. The molecule has 5 heteroatoms. The van der Waals surface area contributed by atoms with E-state index in [-0.39, 0.29) is 11.9 Å². The summed E-state index contributed by atoms with van der Waals surface area (Å²) in [4.78, 5) is 11.6. The number of carbonyl (C=O) groups is 1. The average Bonchev–Trinajstić information content (AvgIpc) is 2.38. The van der Waals surface area contributed by atoms with Crippen LogP contribution in [0.15, 0.2) is 0 Å². The first kappa shape index (κ1) is 16.4. The van der Waals surface area contributed by atoms with Gasteiger partial charge in [0.05, 0.1) is 6.54 Å². The first-order valence-electron chi connectivity index (χ1n) is 7.34. The molecule has 1 fully saturated rings. The summed E-state index contributed by atoms with van der Waals surface area (Å²) in [6, 6.07) is 0.289. The van der Waals surface area contributed by atoms with Crippen LogP contribution in [-0.4, -0.2) is 51.5 Å². The second-order valence-electron chi connectivity index (χ2n) is 5.45. The van der Waals surface area contributed by atoms with Gasteiger partial charge in [-0.05, 0) is 31.7 Å². The highest BCUT2D eigenvalue weighted by molar-refractivity contribution is 5.78. The summed E-state index contributed by atoms with van der Waals surface area (Å²) in [5.41, 5.74) is 0. The molecule has 2 N–H and O–H groups in total. The molecule has 0 unspecified atom stereocenters. The first-order valence-corrected chi connectivity index (χ1v) is 7.34. The highest BCUT2D eigenvalue weighted by Crippen LogP contribution is 2.05. The summed E-state index contributed by atoms with van der Waals surface area (Å²) in [6.07, 6.45) is 2.79. The van der Waals surface area contributed by atoms with Gasteiger partial charge in [-0.1, -0.05) is 13.8 Å². The van der Waals surface area contributed by atoms with Gasteiger partial charge in [-0.2, -0.15) is 0 Å².